The monoisotopic (exact) mass is 364 g/mol. The van der Waals surface area contributed by atoms with Crippen molar-refractivity contribution < 1.29 is 14.3 Å². The molecule has 5 heteroatoms. The Kier molecular flexibility index (Phi) is 6.59. The maximum atomic E-state index is 12.1. The van der Waals surface area contributed by atoms with Crippen LogP contribution in [0.4, 0.5) is 5.69 Å². The summed E-state index contributed by atoms with van der Waals surface area (Å²) >= 11 is 0. The molecule has 2 aromatic carbocycles. The van der Waals surface area contributed by atoms with Crippen molar-refractivity contribution in [3.05, 3.63) is 65.0 Å². The molecule has 1 N–H and O–H groups in total. The molecule has 0 bridgehead atoms. The van der Waals surface area contributed by atoms with Gasteiger partial charge in [-0.2, -0.15) is 0 Å². The van der Waals surface area contributed by atoms with Crippen LogP contribution in [0.5, 0.6) is 0 Å². The average molecular weight is 364 g/mol. The van der Waals surface area contributed by atoms with E-state index in [4.69, 9.17) is 16.0 Å². The number of hydrogen-bond donors (Lipinski definition) is 1. The van der Waals surface area contributed by atoms with E-state index < -0.39 is 0 Å². The highest BCUT2D eigenvalue weighted by Crippen LogP contribution is 2.27. The summed E-state index contributed by atoms with van der Waals surface area (Å²) in [7, 11) is 1.38. The largest absolute Gasteiger partial charge is 0.465 e. The van der Waals surface area contributed by atoms with Gasteiger partial charge in [-0.05, 0) is 72.8 Å². The number of carbonyl (C=O) groups is 1. The number of hydrogen-bond acceptors (Lipinski definition) is 4. The molecule has 140 valence electrons. The van der Waals surface area contributed by atoms with E-state index in [2.05, 4.69) is 10.2 Å². The van der Waals surface area contributed by atoms with Gasteiger partial charge in [0.2, 0.25) is 0 Å². The van der Waals surface area contributed by atoms with Crippen LogP contribution in [0.15, 0.2) is 42.5 Å². The summed E-state index contributed by atoms with van der Waals surface area (Å²) in [5.41, 5.74) is 3.76. The molecular formula is C22H24N2O3. The molecule has 1 heterocycles. The van der Waals surface area contributed by atoms with Crippen molar-refractivity contribution in [3.8, 4) is 11.1 Å². The molecule has 2 aromatic rings. The van der Waals surface area contributed by atoms with Crippen LogP contribution >= 0.6 is 0 Å². The van der Waals surface area contributed by atoms with Crippen molar-refractivity contribution in [2.45, 2.75) is 19.4 Å². The van der Waals surface area contributed by atoms with Crippen LogP contribution in [0.25, 0.3) is 16.0 Å². The summed E-state index contributed by atoms with van der Waals surface area (Å²) in [6.45, 7) is 10.5. The predicted molar refractivity (Wildman–Crippen MR) is 105 cm³/mol. The zero-order valence-corrected chi connectivity index (χ0v) is 15.5. The van der Waals surface area contributed by atoms with Crippen LogP contribution in [0.1, 0.15) is 28.8 Å². The number of nitrogens with one attached hydrogen (secondary N) is 1. The van der Waals surface area contributed by atoms with Gasteiger partial charge in [0.1, 0.15) is 0 Å². The average Bonchev–Trinajstić information content (AvgIpc) is 2.73. The molecule has 1 aliphatic heterocycles. The zero-order valence-electron chi connectivity index (χ0n) is 15.5. The molecule has 0 unspecified atom stereocenters. The Morgan fingerprint density at radius 3 is 2.74 bits per heavy atom. The van der Waals surface area contributed by atoms with Crippen LogP contribution in [0, 0.1) is 12.5 Å². The molecule has 1 saturated heterocycles. The SMILES string of the molecule is [C-]#[N+]c1cccc(-c2cc(COCC3CCNCC3)cc(C(=O)OC)c2)c1. The molecular weight excluding hydrogens is 340 g/mol. The van der Waals surface area contributed by atoms with Crippen molar-refractivity contribution >= 4 is 11.7 Å². The van der Waals surface area contributed by atoms with Crippen molar-refractivity contribution in [2.75, 3.05) is 26.8 Å². The number of esters is 1. The van der Waals surface area contributed by atoms with Gasteiger partial charge in [0.05, 0.1) is 25.9 Å². The lowest BCUT2D eigenvalue weighted by Gasteiger charge is -2.22. The molecule has 5 nitrogen and oxygen atoms in total. The first-order chi connectivity index (χ1) is 13.2. The normalized spacial score (nSPS) is 14.5. The third kappa shape index (κ3) is 5.16. The molecule has 0 spiro atoms. The minimum Gasteiger partial charge on any atom is -0.465 e. The Bertz CT molecular complexity index is 836. The second-order valence-corrected chi connectivity index (χ2v) is 6.78. The van der Waals surface area contributed by atoms with Crippen LogP contribution in [-0.2, 0) is 16.1 Å². The Morgan fingerprint density at radius 1 is 1.19 bits per heavy atom. The second kappa shape index (κ2) is 9.31. The molecule has 0 saturated carbocycles. The fraction of sp³-hybridized carbons (Fsp3) is 0.364. The molecule has 3 rings (SSSR count). The Labute approximate surface area is 160 Å². The number of ether oxygens (including phenoxy) is 2. The Hall–Kier alpha value is -2.68. The lowest BCUT2D eigenvalue weighted by atomic mass is 9.98. The minimum atomic E-state index is -0.377. The first-order valence-electron chi connectivity index (χ1n) is 9.18. The van der Waals surface area contributed by atoms with E-state index in [0.29, 0.717) is 23.8 Å². The number of piperidine rings is 1. The minimum absolute atomic E-state index is 0.377. The summed E-state index contributed by atoms with van der Waals surface area (Å²) in [6, 6.07) is 13.0. The number of nitrogens with zero attached hydrogens (tertiary/aromatic N) is 1. The standard InChI is InChI=1S/C22H24N2O3/c1-23-21-5-3-4-18(13-21)19-10-17(11-20(12-19)22(25)26-2)15-27-14-16-6-8-24-9-7-16/h3-5,10-13,16,24H,6-9,14-15H2,2H3. The second-order valence-electron chi connectivity index (χ2n) is 6.78. The van der Waals surface area contributed by atoms with Gasteiger partial charge in [-0.15, -0.1) is 0 Å². The van der Waals surface area contributed by atoms with Crippen molar-refractivity contribution in [3.63, 3.8) is 0 Å². The fourth-order valence-electron chi connectivity index (χ4n) is 3.32. The lowest BCUT2D eigenvalue weighted by Crippen LogP contribution is -2.29. The van der Waals surface area contributed by atoms with Crippen LogP contribution < -0.4 is 5.32 Å². The molecule has 27 heavy (non-hydrogen) atoms. The van der Waals surface area contributed by atoms with E-state index in [1.165, 1.54) is 7.11 Å². The first kappa shape index (κ1) is 19.1. The van der Waals surface area contributed by atoms with E-state index in [-0.39, 0.29) is 5.97 Å². The van der Waals surface area contributed by atoms with E-state index in [1.807, 2.05) is 30.3 Å². The Balaban J connectivity index is 1.79. The summed E-state index contributed by atoms with van der Waals surface area (Å²) in [5, 5.41) is 3.36. The predicted octanol–water partition coefficient (Wildman–Crippen LogP) is 4.21. The highest BCUT2D eigenvalue weighted by atomic mass is 16.5. The molecule has 0 aliphatic carbocycles. The van der Waals surface area contributed by atoms with Gasteiger partial charge in [0.15, 0.2) is 5.69 Å². The van der Waals surface area contributed by atoms with Crippen molar-refractivity contribution in [1.82, 2.24) is 5.32 Å². The van der Waals surface area contributed by atoms with Gasteiger partial charge in [-0.25, -0.2) is 9.64 Å². The molecule has 1 aliphatic rings. The number of carbonyl (C=O) groups excluding carboxylic acids is 1. The lowest BCUT2D eigenvalue weighted by molar-refractivity contribution is 0.0599. The smallest absolute Gasteiger partial charge is 0.337 e. The molecule has 0 amide bonds. The topological polar surface area (TPSA) is 51.9 Å². The van der Waals surface area contributed by atoms with Gasteiger partial charge in [-0.3, -0.25) is 0 Å². The molecule has 0 aromatic heterocycles. The molecule has 0 radical (unpaired) electrons. The maximum absolute atomic E-state index is 12.1. The van der Waals surface area contributed by atoms with Gasteiger partial charge in [0, 0.05) is 6.61 Å². The first-order valence-corrected chi connectivity index (χ1v) is 9.18. The highest BCUT2D eigenvalue weighted by Gasteiger charge is 2.14. The molecule has 0 atom stereocenters. The Morgan fingerprint density at radius 2 is 2.00 bits per heavy atom. The summed E-state index contributed by atoms with van der Waals surface area (Å²) < 4.78 is 10.8. The van der Waals surface area contributed by atoms with Gasteiger partial charge >= 0.3 is 5.97 Å². The van der Waals surface area contributed by atoms with E-state index >= 15 is 0 Å². The number of rotatable bonds is 6. The maximum Gasteiger partial charge on any atom is 0.337 e. The van der Waals surface area contributed by atoms with Crippen molar-refractivity contribution in [1.29, 1.82) is 0 Å². The molecule has 1 fully saturated rings. The number of methoxy groups -OCH3 is 1. The third-order valence-corrected chi connectivity index (χ3v) is 4.80. The van der Waals surface area contributed by atoms with Crippen molar-refractivity contribution in [2.24, 2.45) is 5.92 Å². The fourth-order valence-corrected chi connectivity index (χ4v) is 3.32. The summed E-state index contributed by atoms with van der Waals surface area (Å²) in [5.74, 6) is 0.211. The zero-order chi connectivity index (χ0) is 19.1. The summed E-state index contributed by atoms with van der Waals surface area (Å²) in [4.78, 5) is 15.6. The van der Waals surface area contributed by atoms with E-state index in [0.717, 1.165) is 49.2 Å². The highest BCUT2D eigenvalue weighted by molar-refractivity contribution is 5.91. The van der Waals surface area contributed by atoms with Gasteiger partial charge < -0.3 is 14.8 Å². The third-order valence-electron chi connectivity index (χ3n) is 4.80. The van der Waals surface area contributed by atoms with Crippen LogP contribution in [0.3, 0.4) is 0 Å². The summed E-state index contributed by atoms with van der Waals surface area (Å²) in [6.07, 6.45) is 2.27. The quantitative estimate of drug-likeness (QED) is 0.616. The van der Waals surface area contributed by atoms with Crippen LogP contribution in [0.2, 0.25) is 0 Å². The van der Waals surface area contributed by atoms with E-state index in [1.54, 1.807) is 12.1 Å². The van der Waals surface area contributed by atoms with Crippen LogP contribution in [-0.4, -0.2) is 32.8 Å². The van der Waals surface area contributed by atoms with Gasteiger partial charge in [0.25, 0.3) is 0 Å². The van der Waals surface area contributed by atoms with E-state index in [9.17, 15) is 4.79 Å². The van der Waals surface area contributed by atoms with Gasteiger partial charge in [-0.1, -0.05) is 18.2 Å². The number of benzene rings is 2.